The number of fused-ring (bicyclic) bond motifs is 1. The van der Waals surface area contributed by atoms with Gasteiger partial charge in [-0.25, -0.2) is 0 Å². The molecule has 1 spiro atoms. The van der Waals surface area contributed by atoms with E-state index in [1.807, 2.05) is 11.3 Å². The van der Waals surface area contributed by atoms with Crippen LogP contribution in [0, 0.1) is 12.3 Å². The van der Waals surface area contributed by atoms with E-state index in [4.69, 9.17) is 5.73 Å². The zero-order chi connectivity index (χ0) is 9.76. The van der Waals surface area contributed by atoms with Gasteiger partial charge < -0.3 is 5.73 Å². The van der Waals surface area contributed by atoms with Gasteiger partial charge in [-0.15, -0.1) is 11.3 Å². The first-order valence-electron chi connectivity index (χ1n) is 5.54. The second kappa shape index (κ2) is 2.83. The molecule has 1 atom stereocenters. The highest BCUT2D eigenvalue weighted by Crippen LogP contribution is 2.62. The Bertz CT molecular complexity index is 362. The van der Waals surface area contributed by atoms with Crippen molar-refractivity contribution in [2.75, 3.05) is 6.54 Å². The van der Waals surface area contributed by atoms with Crippen LogP contribution in [0.4, 0.5) is 0 Å². The molecule has 1 saturated carbocycles. The molecule has 14 heavy (non-hydrogen) atoms. The van der Waals surface area contributed by atoms with Crippen molar-refractivity contribution in [1.29, 1.82) is 0 Å². The molecule has 1 aromatic heterocycles. The molecule has 3 rings (SSSR count). The van der Waals surface area contributed by atoms with Crippen molar-refractivity contribution in [2.24, 2.45) is 11.1 Å². The Hall–Kier alpha value is -0.340. The molecule has 2 aliphatic carbocycles. The molecule has 1 aromatic rings. The van der Waals surface area contributed by atoms with E-state index in [9.17, 15) is 0 Å². The van der Waals surface area contributed by atoms with Crippen LogP contribution in [0.25, 0.3) is 0 Å². The molecule has 0 saturated heterocycles. The lowest BCUT2D eigenvalue weighted by atomic mass is 9.75. The fourth-order valence-electron chi connectivity index (χ4n) is 3.08. The van der Waals surface area contributed by atoms with Crippen molar-refractivity contribution in [3.05, 3.63) is 21.4 Å². The summed E-state index contributed by atoms with van der Waals surface area (Å²) in [5.74, 6) is 0.677. The van der Waals surface area contributed by atoms with Crippen LogP contribution >= 0.6 is 11.3 Å². The minimum absolute atomic E-state index is 0.634. The average Bonchev–Trinajstić information content (AvgIpc) is 2.82. The van der Waals surface area contributed by atoms with Gasteiger partial charge in [0.15, 0.2) is 0 Å². The molecule has 1 heterocycles. The zero-order valence-corrected chi connectivity index (χ0v) is 9.49. The van der Waals surface area contributed by atoms with Crippen LogP contribution in [0.15, 0.2) is 6.07 Å². The van der Waals surface area contributed by atoms with Gasteiger partial charge >= 0.3 is 0 Å². The lowest BCUT2D eigenvalue weighted by Gasteiger charge is -2.31. The van der Waals surface area contributed by atoms with Crippen LogP contribution in [-0.2, 0) is 6.42 Å². The first-order chi connectivity index (χ1) is 6.75. The summed E-state index contributed by atoms with van der Waals surface area (Å²) in [5, 5.41) is 0. The van der Waals surface area contributed by atoms with E-state index in [0.717, 1.165) is 6.54 Å². The molecule has 0 amide bonds. The molecule has 76 valence electrons. The molecule has 1 nitrogen and oxygen atoms in total. The van der Waals surface area contributed by atoms with Crippen LogP contribution in [0.1, 0.15) is 40.5 Å². The molecule has 0 radical (unpaired) electrons. The van der Waals surface area contributed by atoms with E-state index >= 15 is 0 Å². The minimum Gasteiger partial charge on any atom is -0.330 e. The van der Waals surface area contributed by atoms with Gasteiger partial charge in [0.25, 0.3) is 0 Å². The zero-order valence-electron chi connectivity index (χ0n) is 8.68. The third-order valence-corrected chi connectivity index (χ3v) is 5.18. The SMILES string of the molecule is Cc1cc2c(s1)CCC1(CC1)C2CN. The first kappa shape index (κ1) is 8.93. The number of nitrogens with two attached hydrogens (primary N) is 1. The van der Waals surface area contributed by atoms with Crippen LogP contribution in [-0.4, -0.2) is 6.54 Å². The van der Waals surface area contributed by atoms with Gasteiger partial charge in [0.2, 0.25) is 0 Å². The van der Waals surface area contributed by atoms with Crippen molar-refractivity contribution < 1.29 is 0 Å². The Morgan fingerprint density at radius 3 is 2.93 bits per heavy atom. The van der Waals surface area contributed by atoms with Crippen LogP contribution in [0.3, 0.4) is 0 Å². The van der Waals surface area contributed by atoms with Gasteiger partial charge in [-0.1, -0.05) is 0 Å². The average molecular weight is 207 g/mol. The predicted octanol–water partition coefficient (Wildman–Crippen LogP) is 2.83. The fraction of sp³-hybridized carbons (Fsp3) is 0.667. The van der Waals surface area contributed by atoms with Crippen LogP contribution in [0.2, 0.25) is 0 Å². The number of hydrogen-bond donors (Lipinski definition) is 1. The highest BCUT2D eigenvalue weighted by atomic mass is 32.1. The number of rotatable bonds is 1. The lowest BCUT2D eigenvalue weighted by Crippen LogP contribution is -2.27. The molecular formula is C12H17NS. The summed E-state index contributed by atoms with van der Waals surface area (Å²) in [6, 6.07) is 2.39. The molecular weight excluding hydrogens is 190 g/mol. The summed E-state index contributed by atoms with van der Waals surface area (Å²) in [7, 11) is 0. The van der Waals surface area contributed by atoms with Crippen LogP contribution < -0.4 is 5.73 Å². The molecule has 2 aliphatic rings. The summed E-state index contributed by atoms with van der Waals surface area (Å²) in [5.41, 5.74) is 8.18. The normalized spacial score (nSPS) is 27.7. The second-order valence-electron chi connectivity index (χ2n) is 4.89. The smallest absolute Gasteiger partial charge is 0.00837 e. The largest absolute Gasteiger partial charge is 0.330 e. The Labute approximate surface area is 89.3 Å². The maximum Gasteiger partial charge on any atom is 0.00837 e. The van der Waals surface area contributed by atoms with Crippen molar-refractivity contribution in [3.63, 3.8) is 0 Å². The summed E-state index contributed by atoms with van der Waals surface area (Å²) in [6.07, 6.45) is 5.54. The highest BCUT2D eigenvalue weighted by molar-refractivity contribution is 7.12. The van der Waals surface area contributed by atoms with Gasteiger partial charge in [-0.05, 0) is 56.2 Å². The molecule has 2 heteroatoms. The Morgan fingerprint density at radius 1 is 1.50 bits per heavy atom. The van der Waals surface area contributed by atoms with Gasteiger partial charge in [0, 0.05) is 15.7 Å². The van der Waals surface area contributed by atoms with Crippen molar-refractivity contribution in [1.82, 2.24) is 0 Å². The Balaban J connectivity index is 2.05. The van der Waals surface area contributed by atoms with Crippen molar-refractivity contribution in [2.45, 2.75) is 38.5 Å². The number of aryl methyl sites for hydroxylation is 2. The molecule has 0 aromatic carbocycles. The van der Waals surface area contributed by atoms with Crippen LogP contribution in [0.5, 0.6) is 0 Å². The number of hydrogen-bond acceptors (Lipinski definition) is 2. The standard InChI is InChI=1S/C12H17NS/c1-8-6-9-10(7-13)12(4-5-12)3-2-11(9)14-8/h6,10H,2-5,7,13H2,1H3. The van der Waals surface area contributed by atoms with E-state index in [1.54, 1.807) is 10.4 Å². The second-order valence-corrected chi connectivity index (χ2v) is 6.23. The van der Waals surface area contributed by atoms with Crippen molar-refractivity contribution >= 4 is 11.3 Å². The van der Waals surface area contributed by atoms with Gasteiger partial charge in [-0.3, -0.25) is 0 Å². The maximum absolute atomic E-state index is 5.95. The quantitative estimate of drug-likeness (QED) is 0.753. The molecule has 1 unspecified atom stereocenters. The van der Waals surface area contributed by atoms with Gasteiger partial charge in [0.1, 0.15) is 0 Å². The highest BCUT2D eigenvalue weighted by Gasteiger charge is 2.51. The van der Waals surface area contributed by atoms with E-state index < -0.39 is 0 Å². The third kappa shape index (κ3) is 1.10. The summed E-state index contributed by atoms with van der Waals surface area (Å²) in [6.45, 7) is 3.07. The topological polar surface area (TPSA) is 26.0 Å². The van der Waals surface area contributed by atoms with Crippen molar-refractivity contribution in [3.8, 4) is 0 Å². The first-order valence-corrected chi connectivity index (χ1v) is 6.36. The predicted molar refractivity (Wildman–Crippen MR) is 60.8 cm³/mol. The van der Waals surface area contributed by atoms with Gasteiger partial charge in [0.05, 0.1) is 0 Å². The van der Waals surface area contributed by atoms with E-state index in [0.29, 0.717) is 11.3 Å². The lowest BCUT2D eigenvalue weighted by molar-refractivity contribution is 0.355. The van der Waals surface area contributed by atoms with E-state index in [2.05, 4.69) is 13.0 Å². The van der Waals surface area contributed by atoms with Gasteiger partial charge in [-0.2, -0.15) is 0 Å². The molecule has 1 fully saturated rings. The summed E-state index contributed by atoms with van der Waals surface area (Å²) in [4.78, 5) is 3.08. The molecule has 2 N–H and O–H groups in total. The number of thiophene rings is 1. The van der Waals surface area contributed by atoms with E-state index in [1.165, 1.54) is 30.6 Å². The summed E-state index contributed by atoms with van der Waals surface area (Å²) >= 11 is 1.98. The minimum atomic E-state index is 0.634. The summed E-state index contributed by atoms with van der Waals surface area (Å²) < 4.78 is 0. The Morgan fingerprint density at radius 2 is 2.29 bits per heavy atom. The molecule has 0 aliphatic heterocycles. The fourth-order valence-corrected chi connectivity index (χ4v) is 4.17. The van der Waals surface area contributed by atoms with E-state index in [-0.39, 0.29) is 0 Å². The molecule has 0 bridgehead atoms. The third-order valence-electron chi connectivity index (χ3n) is 4.06. The Kier molecular flexibility index (Phi) is 1.80. The maximum atomic E-state index is 5.95. The monoisotopic (exact) mass is 207 g/mol.